The van der Waals surface area contributed by atoms with Gasteiger partial charge in [0.25, 0.3) is 0 Å². The number of fused-ring (bicyclic) bond motifs is 1. The lowest BCUT2D eigenvalue weighted by atomic mass is 9.90. The van der Waals surface area contributed by atoms with Gasteiger partial charge in [-0.1, -0.05) is 24.3 Å². The van der Waals surface area contributed by atoms with Crippen molar-refractivity contribution in [3.8, 4) is 0 Å². The van der Waals surface area contributed by atoms with E-state index in [0.29, 0.717) is 25.3 Å². The summed E-state index contributed by atoms with van der Waals surface area (Å²) in [5, 5.41) is 2.84. The smallest absolute Gasteiger partial charge is 0.243 e. The Morgan fingerprint density at radius 2 is 1.68 bits per heavy atom. The van der Waals surface area contributed by atoms with E-state index in [1.807, 2.05) is 24.3 Å². The molecule has 2 heterocycles. The number of carbonyl (C=O) groups excluding carboxylic acids is 2. The molecular formula is C23H27N3O4S. The molecule has 1 N–H and O–H groups in total. The van der Waals surface area contributed by atoms with Gasteiger partial charge in [-0.25, -0.2) is 8.42 Å². The monoisotopic (exact) mass is 441 g/mol. The van der Waals surface area contributed by atoms with Crippen molar-refractivity contribution in [1.82, 2.24) is 9.21 Å². The summed E-state index contributed by atoms with van der Waals surface area (Å²) in [5.74, 6) is -0.271. The number of hydrogen-bond donors (Lipinski definition) is 1. The number of hydrogen-bond acceptors (Lipinski definition) is 4. The minimum absolute atomic E-state index is 0.0521. The molecule has 2 aromatic rings. The highest BCUT2D eigenvalue weighted by Crippen LogP contribution is 2.32. The van der Waals surface area contributed by atoms with E-state index in [-0.39, 0.29) is 29.2 Å². The van der Waals surface area contributed by atoms with Crippen LogP contribution in [0.4, 0.5) is 5.69 Å². The average Bonchev–Trinajstić information content (AvgIpc) is 3.30. The molecular weight excluding hydrogens is 414 g/mol. The summed E-state index contributed by atoms with van der Waals surface area (Å²) in [7, 11) is -3.48. The van der Waals surface area contributed by atoms with E-state index in [4.69, 9.17) is 0 Å². The zero-order valence-corrected chi connectivity index (χ0v) is 18.4. The largest absolute Gasteiger partial charge is 0.335 e. The van der Waals surface area contributed by atoms with E-state index in [1.165, 1.54) is 23.4 Å². The van der Waals surface area contributed by atoms with Crippen LogP contribution in [0.3, 0.4) is 0 Å². The van der Waals surface area contributed by atoms with E-state index < -0.39 is 10.0 Å². The second kappa shape index (κ2) is 8.80. The number of amides is 2. The third-order valence-electron chi connectivity index (χ3n) is 6.04. The summed E-state index contributed by atoms with van der Waals surface area (Å²) in [4.78, 5) is 26.9. The van der Waals surface area contributed by atoms with Gasteiger partial charge in [0.05, 0.1) is 17.4 Å². The molecule has 0 spiro atoms. The molecule has 0 radical (unpaired) electrons. The number of sulfonamides is 1. The molecule has 2 aliphatic heterocycles. The van der Waals surface area contributed by atoms with Gasteiger partial charge in [0.2, 0.25) is 21.8 Å². The Labute approximate surface area is 183 Å². The molecule has 0 aliphatic carbocycles. The van der Waals surface area contributed by atoms with Crippen LogP contribution in [0.25, 0.3) is 0 Å². The van der Waals surface area contributed by atoms with Crippen molar-refractivity contribution < 1.29 is 18.0 Å². The van der Waals surface area contributed by atoms with Crippen LogP contribution < -0.4 is 5.32 Å². The van der Waals surface area contributed by atoms with Crippen molar-refractivity contribution in [2.24, 2.45) is 0 Å². The Hall–Kier alpha value is -2.71. The van der Waals surface area contributed by atoms with E-state index in [2.05, 4.69) is 5.32 Å². The first kappa shape index (κ1) is 21.5. The number of nitrogens with zero attached hydrogens (tertiary/aromatic N) is 2. The highest BCUT2D eigenvalue weighted by Gasteiger charge is 2.31. The predicted octanol–water partition coefficient (Wildman–Crippen LogP) is 2.95. The quantitative estimate of drug-likeness (QED) is 0.773. The van der Waals surface area contributed by atoms with Gasteiger partial charge in [-0.3, -0.25) is 9.59 Å². The first-order chi connectivity index (χ1) is 14.9. The summed E-state index contributed by atoms with van der Waals surface area (Å²) >= 11 is 0. The molecule has 4 rings (SSSR count). The number of benzene rings is 2. The van der Waals surface area contributed by atoms with Crippen LogP contribution in [0.5, 0.6) is 0 Å². The molecule has 1 fully saturated rings. The number of nitrogens with one attached hydrogen (secondary N) is 1. The minimum Gasteiger partial charge on any atom is -0.335 e. The Morgan fingerprint density at radius 1 is 1.00 bits per heavy atom. The normalized spacial score (nSPS) is 19.1. The van der Waals surface area contributed by atoms with Crippen LogP contribution in [0.1, 0.15) is 43.4 Å². The van der Waals surface area contributed by atoms with Gasteiger partial charge in [-0.05, 0) is 54.7 Å². The molecule has 7 nitrogen and oxygen atoms in total. The molecule has 164 valence electrons. The molecule has 1 atom stereocenters. The van der Waals surface area contributed by atoms with Crippen LogP contribution in [0, 0.1) is 0 Å². The molecule has 2 amide bonds. The van der Waals surface area contributed by atoms with Gasteiger partial charge in [-0.2, -0.15) is 4.31 Å². The van der Waals surface area contributed by atoms with Crippen LogP contribution in [0.15, 0.2) is 53.4 Å². The number of anilines is 1. The zero-order valence-electron chi connectivity index (χ0n) is 17.6. The SMILES string of the molecule is CC(=O)N1CCc2ccccc2C1CC(=O)Nc1ccc(S(=O)(=O)N2CCCC2)cc1. The second-order valence-electron chi connectivity index (χ2n) is 8.06. The summed E-state index contributed by atoms with van der Waals surface area (Å²) in [6.07, 6.45) is 2.69. The van der Waals surface area contributed by atoms with Crippen molar-refractivity contribution in [3.63, 3.8) is 0 Å². The topological polar surface area (TPSA) is 86.8 Å². The molecule has 0 aromatic heterocycles. The maximum absolute atomic E-state index is 12.8. The molecule has 0 bridgehead atoms. The average molecular weight is 442 g/mol. The van der Waals surface area contributed by atoms with E-state index in [1.54, 1.807) is 17.0 Å². The van der Waals surface area contributed by atoms with Gasteiger partial charge in [-0.15, -0.1) is 0 Å². The van der Waals surface area contributed by atoms with Crippen molar-refractivity contribution >= 4 is 27.5 Å². The van der Waals surface area contributed by atoms with Crippen LogP contribution in [-0.4, -0.2) is 49.1 Å². The van der Waals surface area contributed by atoms with E-state index >= 15 is 0 Å². The maximum Gasteiger partial charge on any atom is 0.243 e. The van der Waals surface area contributed by atoms with Crippen molar-refractivity contribution in [2.75, 3.05) is 25.0 Å². The number of carbonyl (C=O) groups is 2. The van der Waals surface area contributed by atoms with E-state index in [0.717, 1.165) is 30.4 Å². The molecule has 8 heteroatoms. The highest BCUT2D eigenvalue weighted by molar-refractivity contribution is 7.89. The first-order valence-electron chi connectivity index (χ1n) is 10.6. The molecule has 2 aromatic carbocycles. The maximum atomic E-state index is 12.8. The van der Waals surface area contributed by atoms with Gasteiger partial charge in [0, 0.05) is 32.2 Å². The fraction of sp³-hybridized carbons (Fsp3) is 0.391. The zero-order chi connectivity index (χ0) is 22.0. The summed E-state index contributed by atoms with van der Waals surface area (Å²) < 4.78 is 26.8. The first-order valence-corrected chi connectivity index (χ1v) is 12.1. The van der Waals surface area contributed by atoms with Gasteiger partial charge >= 0.3 is 0 Å². The molecule has 1 unspecified atom stereocenters. The molecule has 2 aliphatic rings. The number of rotatable bonds is 5. The van der Waals surface area contributed by atoms with Gasteiger partial charge in [0.15, 0.2) is 0 Å². The highest BCUT2D eigenvalue weighted by atomic mass is 32.2. The fourth-order valence-electron chi connectivity index (χ4n) is 4.42. The lowest BCUT2D eigenvalue weighted by Crippen LogP contribution is -2.40. The van der Waals surface area contributed by atoms with Crippen LogP contribution in [-0.2, 0) is 26.0 Å². The predicted molar refractivity (Wildman–Crippen MR) is 118 cm³/mol. The lowest BCUT2D eigenvalue weighted by Gasteiger charge is -2.36. The summed E-state index contributed by atoms with van der Waals surface area (Å²) in [5.41, 5.74) is 2.70. The molecule has 1 saturated heterocycles. The standard InChI is InChI=1S/C23H27N3O4S/c1-17(27)26-15-12-18-6-2-3-7-21(18)22(26)16-23(28)24-19-8-10-20(11-9-19)31(29,30)25-13-4-5-14-25/h2-3,6-11,22H,4-5,12-16H2,1H3,(H,24,28). The Kier molecular flexibility index (Phi) is 6.11. The summed E-state index contributed by atoms with van der Waals surface area (Å²) in [6, 6.07) is 13.9. The van der Waals surface area contributed by atoms with Crippen LogP contribution in [0.2, 0.25) is 0 Å². The lowest BCUT2D eigenvalue weighted by molar-refractivity contribution is -0.132. The van der Waals surface area contributed by atoms with Gasteiger partial charge in [0.1, 0.15) is 0 Å². The Bertz CT molecular complexity index is 1080. The van der Waals surface area contributed by atoms with Crippen molar-refractivity contribution in [3.05, 3.63) is 59.7 Å². The Morgan fingerprint density at radius 3 is 2.35 bits per heavy atom. The van der Waals surface area contributed by atoms with Crippen LogP contribution >= 0.6 is 0 Å². The fourth-order valence-corrected chi connectivity index (χ4v) is 5.94. The summed E-state index contributed by atoms with van der Waals surface area (Å²) in [6.45, 7) is 3.22. The van der Waals surface area contributed by atoms with E-state index in [9.17, 15) is 18.0 Å². The van der Waals surface area contributed by atoms with Gasteiger partial charge < -0.3 is 10.2 Å². The Balaban J connectivity index is 1.46. The third kappa shape index (κ3) is 4.50. The minimum atomic E-state index is -3.48. The third-order valence-corrected chi connectivity index (χ3v) is 7.95. The van der Waals surface area contributed by atoms with Crippen molar-refractivity contribution in [1.29, 1.82) is 0 Å². The molecule has 31 heavy (non-hydrogen) atoms. The molecule has 0 saturated carbocycles. The van der Waals surface area contributed by atoms with Crippen molar-refractivity contribution in [2.45, 2.75) is 43.5 Å². The second-order valence-corrected chi connectivity index (χ2v) is 10.0.